The molecule has 0 aliphatic rings. The normalized spacial score (nSPS) is 12.1. The van der Waals surface area contributed by atoms with Gasteiger partial charge in [-0.3, -0.25) is 29.1 Å². The molecule has 0 aliphatic carbocycles. The van der Waals surface area contributed by atoms with Crippen molar-refractivity contribution in [3.05, 3.63) is 128 Å². The number of hydrogen-bond donors (Lipinski definition) is 2. The zero-order valence-corrected chi connectivity index (χ0v) is 40.7. The molecule has 7 aromatic rings. The molecule has 380 valence electrons. The first-order chi connectivity index (χ1) is 33.3. The van der Waals surface area contributed by atoms with Gasteiger partial charge in [-0.25, -0.2) is 31.4 Å². The number of sulfone groups is 1. The van der Waals surface area contributed by atoms with E-state index in [1.165, 1.54) is 21.1 Å². The van der Waals surface area contributed by atoms with Gasteiger partial charge >= 0.3 is 18.2 Å². The number of nitrogens with one attached hydrogen (secondary N) is 2. The van der Waals surface area contributed by atoms with E-state index in [0.717, 1.165) is 66.2 Å². The minimum absolute atomic E-state index is 0.0854. The first-order valence-electron chi connectivity index (χ1n) is 20.8. The lowest BCUT2D eigenvalue weighted by Crippen LogP contribution is -2.21. The summed E-state index contributed by atoms with van der Waals surface area (Å²) in [5, 5.41) is 6.62. The Morgan fingerprint density at radius 2 is 1.65 bits per heavy atom. The molecule has 0 radical (unpaired) electrons. The Bertz CT molecular complexity index is 3370. The number of halogens is 7. The predicted molar refractivity (Wildman–Crippen MR) is 245 cm³/mol. The van der Waals surface area contributed by atoms with Crippen molar-refractivity contribution in [2.75, 3.05) is 24.7 Å². The van der Waals surface area contributed by atoms with Crippen LogP contribution in [0.5, 0.6) is 11.8 Å². The fourth-order valence-electron chi connectivity index (χ4n) is 6.48. The molecule has 3 aromatic carbocycles. The molecule has 27 heteroatoms. The van der Waals surface area contributed by atoms with E-state index in [4.69, 9.17) is 25.8 Å². The van der Waals surface area contributed by atoms with Crippen LogP contribution in [0.1, 0.15) is 66.7 Å². The van der Waals surface area contributed by atoms with Crippen LogP contribution in [-0.2, 0) is 42.6 Å². The zero-order valence-electron chi connectivity index (χ0n) is 38.3. The number of ether oxygens (including phenoxy) is 3. The fourth-order valence-corrected chi connectivity index (χ4v) is 8.55. The molecule has 0 bridgehead atoms. The fraction of sp³-hybridized carbons (Fsp3) is 0.295. The largest absolute Gasteiger partial charge is 0.480 e. The molecule has 0 aliphatic heterocycles. The Morgan fingerprint density at radius 1 is 0.958 bits per heavy atom. The quantitative estimate of drug-likeness (QED) is 0.0431. The van der Waals surface area contributed by atoms with Gasteiger partial charge in [-0.15, -0.1) is 5.10 Å². The van der Waals surface area contributed by atoms with E-state index in [0.29, 0.717) is 39.2 Å². The number of carbonyl (C=O) groups is 2. The number of anilines is 1. The summed E-state index contributed by atoms with van der Waals surface area (Å²) < 4.78 is 147. The second-order valence-corrected chi connectivity index (χ2v) is 19.2. The summed E-state index contributed by atoms with van der Waals surface area (Å²) in [6.07, 6.45) is 2.53. The number of pyridine rings is 1. The van der Waals surface area contributed by atoms with E-state index in [1.807, 2.05) is 19.1 Å². The average Bonchev–Trinajstić information content (AvgIpc) is 3.88. The molecule has 18 nitrogen and oxygen atoms in total. The highest BCUT2D eigenvalue weighted by Gasteiger charge is 2.34. The first-order valence-corrected chi connectivity index (χ1v) is 24.5. The van der Waals surface area contributed by atoms with E-state index in [-0.39, 0.29) is 35.9 Å². The predicted octanol–water partition coefficient (Wildman–Crippen LogP) is 7.81. The molecular formula is C44H43ClF6N8O10S2. The summed E-state index contributed by atoms with van der Waals surface area (Å²) in [7, 11) is -6.14. The second-order valence-electron chi connectivity index (χ2n) is 15.2. The molecule has 0 saturated carbocycles. The number of nitrogens with zero attached hydrogens (tertiary/aromatic N) is 6. The van der Waals surface area contributed by atoms with Crippen molar-refractivity contribution in [3.63, 3.8) is 0 Å². The van der Waals surface area contributed by atoms with Gasteiger partial charge in [-0.2, -0.15) is 31.1 Å². The van der Waals surface area contributed by atoms with Crippen molar-refractivity contribution in [1.82, 2.24) is 34.3 Å². The summed E-state index contributed by atoms with van der Waals surface area (Å²) in [5.74, 6) is -4.01. The molecule has 1 atom stereocenters. The van der Waals surface area contributed by atoms with Crippen molar-refractivity contribution >= 4 is 65.5 Å². The molecule has 1 unspecified atom stereocenters. The van der Waals surface area contributed by atoms with Crippen molar-refractivity contribution in [1.29, 1.82) is 0 Å². The number of H-pyrrole nitrogens is 1. The maximum Gasteiger partial charge on any atom is 0.416 e. The average molecular weight is 1060 g/mol. The lowest BCUT2D eigenvalue weighted by atomic mass is 10.0. The van der Waals surface area contributed by atoms with E-state index >= 15 is 0 Å². The highest BCUT2D eigenvalue weighted by Crippen LogP contribution is 2.33. The summed E-state index contributed by atoms with van der Waals surface area (Å²) >= 11 is 6.13. The maximum absolute atomic E-state index is 13.7. The van der Waals surface area contributed by atoms with Crippen molar-refractivity contribution in [2.45, 2.75) is 68.8 Å². The Hall–Kier alpha value is -7.06. The lowest BCUT2D eigenvalue weighted by Gasteiger charge is -2.14. The molecule has 0 spiro atoms. The number of ketones is 1. The molecule has 4 aromatic heterocycles. The van der Waals surface area contributed by atoms with Crippen LogP contribution < -0.4 is 19.8 Å². The summed E-state index contributed by atoms with van der Waals surface area (Å²) in [6.45, 7) is 5.35. The number of fused-ring (bicyclic) bond motifs is 2. The van der Waals surface area contributed by atoms with Crippen molar-refractivity contribution in [3.8, 4) is 11.8 Å². The number of rotatable bonds is 15. The number of alkyl halides is 3. The number of methoxy groups -OCH3 is 1. The number of aromatic nitrogens is 7. The van der Waals surface area contributed by atoms with Gasteiger partial charge < -0.3 is 14.2 Å². The van der Waals surface area contributed by atoms with Gasteiger partial charge in [-0.1, -0.05) is 37.4 Å². The number of hydrogen-bond acceptors (Lipinski definition) is 14. The van der Waals surface area contributed by atoms with Crippen molar-refractivity contribution < 1.29 is 67.0 Å². The lowest BCUT2D eigenvalue weighted by molar-refractivity contribution is -0.151. The van der Waals surface area contributed by atoms with Crippen LogP contribution in [0.15, 0.2) is 87.9 Å². The molecular weight excluding hydrogens is 1010 g/mol. The van der Waals surface area contributed by atoms with Gasteiger partial charge in [0, 0.05) is 36.1 Å². The van der Waals surface area contributed by atoms with E-state index in [1.54, 1.807) is 23.1 Å². The van der Waals surface area contributed by atoms with Gasteiger partial charge in [-0.05, 0) is 81.3 Å². The van der Waals surface area contributed by atoms with Gasteiger partial charge in [0.25, 0.3) is 20.7 Å². The number of aromatic amines is 1. The highest BCUT2D eigenvalue weighted by atomic mass is 35.5. The van der Waals surface area contributed by atoms with Crippen LogP contribution in [0.25, 0.3) is 16.6 Å². The Labute approximate surface area is 405 Å². The van der Waals surface area contributed by atoms with Crippen LogP contribution in [0.2, 0.25) is 5.02 Å². The third-order valence-electron chi connectivity index (χ3n) is 9.87. The van der Waals surface area contributed by atoms with Crippen LogP contribution in [0, 0.1) is 24.4 Å². The zero-order chi connectivity index (χ0) is 52.6. The topological polar surface area (TPSA) is 236 Å². The van der Waals surface area contributed by atoms with E-state index in [9.17, 15) is 57.6 Å². The number of sulfonamides is 1. The minimum atomic E-state index is -4.76. The van der Waals surface area contributed by atoms with E-state index < -0.39 is 87.3 Å². The highest BCUT2D eigenvalue weighted by molar-refractivity contribution is 7.92. The maximum atomic E-state index is 13.7. The Morgan fingerprint density at radius 3 is 2.25 bits per heavy atom. The van der Waals surface area contributed by atoms with Gasteiger partial charge in [0.1, 0.15) is 34.2 Å². The summed E-state index contributed by atoms with van der Waals surface area (Å²) in [6, 6.07) is 11.5. The van der Waals surface area contributed by atoms with Gasteiger partial charge in [0.2, 0.25) is 5.78 Å². The minimum Gasteiger partial charge on any atom is -0.480 e. The Kier molecular flexibility index (Phi) is 17.6. The van der Waals surface area contributed by atoms with E-state index in [2.05, 4.69) is 32.1 Å². The van der Waals surface area contributed by atoms with Crippen LogP contribution >= 0.6 is 11.6 Å². The third-order valence-corrected chi connectivity index (χ3v) is 12.5. The molecule has 0 saturated heterocycles. The molecule has 7 rings (SSSR count). The van der Waals surface area contributed by atoms with Crippen LogP contribution in [-0.4, -0.2) is 89.0 Å². The number of esters is 1. The molecule has 0 fully saturated rings. The number of unbranched alkanes of at least 4 members (excludes halogenated alkanes) is 2. The summed E-state index contributed by atoms with van der Waals surface area (Å²) in [5.41, 5.74) is -3.24. The number of aryl methyl sites for hydroxylation is 2. The summed E-state index contributed by atoms with van der Waals surface area (Å²) in [4.78, 5) is 47.0. The molecule has 4 heterocycles. The number of carbonyl (C=O) groups excluding carboxylic acids is 2. The Balaban J connectivity index is 0.000000198. The molecule has 71 heavy (non-hydrogen) atoms. The molecule has 2 N–H and O–H groups in total. The SMILES string of the molecule is CCCCCC(C)OC(=O)COc1ccc(Cl)c2cccnc12.COc1ncc(F)c2nc(S(=O)(=O)Nc3c(F)cccc3F)nn12.Cc1[nH]n(C)c(=O)c1C(=O)c1ccc(C(F)(F)F)cc1S(C)(=O)=O. The van der Waals surface area contributed by atoms with Crippen LogP contribution in [0.3, 0.4) is 0 Å². The van der Waals surface area contributed by atoms with Gasteiger partial charge in [0.05, 0.1) is 34.9 Å². The standard InChI is InChI=1S/C18H22ClNO3.C14H13F3N2O4S.C12H8F3N5O3S/c1-3-4-5-7-13(2)23-17(21)12-22-16-10-9-15(19)14-8-6-11-20-18(14)16;1-7-11(13(21)19(2)18-7)12(20)9-5-4-8(14(15,16)17)6-10(9)24(3,22)23;1-23-12-16-5-8(15)10-17-11(18-20(10)12)24(21,22)19-9-6(13)3-2-4-7(9)14/h6,8-11,13H,3-5,7,12H2,1-2H3;4-6,18H,1-3H3;2-5,19H,1H3. The first kappa shape index (κ1) is 54.9. The van der Waals surface area contributed by atoms with Crippen molar-refractivity contribution in [2.24, 2.45) is 7.05 Å². The monoisotopic (exact) mass is 1060 g/mol. The molecule has 0 amide bonds. The van der Waals surface area contributed by atoms with Crippen LogP contribution in [0.4, 0.5) is 32.0 Å². The third kappa shape index (κ3) is 13.4. The number of benzene rings is 3. The smallest absolute Gasteiger partial charge is 0.416 e. The number of para-hydroxylation sites is 1. The second kappa shape index (κ2) is 22.8. The van der Waals surface area contributed by atoms with Gasteiger partial charge in [0.15, 0.2) is 27.9 Å².